The number of hydrogen-bond acceptors (Lipinski definition) is 3. The Bertz CT molecular complexity index is 243. The third-order valence-corrected chi connectivity index (χ3v) is 5.07. The first-order valence-corrected chi connectivity index (χ1v) is 7.54. The maximum absolute atomic E-state index is 9.82. The molecular weight excluding hydrogens is 226 g/mol. The quantitative estimate of drug-likeness (QED) is 0.836. The summed E-state index contributed by atoms with van der Waals surface area (Å²) >= 11 is 0. The molecule has 1 N–H and O–H groups in total. The van der Waals surface area contributed by atoms with Gasteiger partial charge in [0.15, 0.2) is 0 Å². The molecule has 0 bridgehead atoms. The van der Waals surface area contributed by atoms with Crippen molar-refractivity contribution < 1.29 is 9.84 Å². The highest BCUT2D eigenvalue weighted by Crippen LogP contribution is 2.39. The van der Waals surface area contributed by atoms with Gasteiger partial charge in [-0.25, -0.2) is 0 Å². The summed E-state index contributed by atoms with van der Waals surface area (Å²) in [6.07, 6.45) is 7.24. The summed E-state index contributed by atoms with van der Waals surface area (Å²) in [4.78, 5) is 2.48. The van der Waals surface area contributed by atoms with Gasteiger partial charge in [-0.05, 0) is 38.6 Å². The van der Waals surface area contributed by atoms with Crippen LogP contribution in [0.3, 0.4) is 0 Å². The molecule has 0 radical (unpaired) electrons. The second kappa shape index (κ2) is 6.36. The van der Waals surface area contributed by atoms with Gasteiger partial charge >= 0.3 is 0 Å². The monoisotopic (exact) mass is 255 g/mol. The van der Waals surface area contributed by atoms with Gasteiger partial charge in [0, 0.05) is 37.8 Å². The molecule has 1 aliphatic heterocycles. The van der Waals surface area contributed by atoms with Crippen LogP contribution in [0.25, 0.3) is 0 Å². The highest BCUT2D eigenvalue weighted by molar-refractivity contribution is 4.88. The van der Waals surface area contributed by atoms with E-state index in [9.17, 15) is 5.11 Å². The van der Waals surface area contributed by atoms with E-state index in [1.807, 2.05) is 0 Å². The second-order valence-electron chi connectivity index (χ2n) is 6.60. The van der Waals surface area contributed by atoms with Crippen molar-refractivity contribution in [1.29, 1.82) is 0 Å². The molecule has 18 heavy (non-hydrogen) atoms. The first-order chi connectivity index (χ1) is 8.65. The van der Waals surface area contributed by atoms with Gasteiger partial charge in [0.2, 0.25) is 0 Å². The molecule has 3 nitrogen and oxygen atoms in total. The van der Waals surface area contributed by atoms with Gasteiger partial charge in [-0.3, -0.25) is 0 Å². The molecule has 106 valence electrons. The van der Waals surface area contributed by atoms with Crippen molar-refractivity contribution in [2.24, 2.45) is 11.3 Å². The first kappa shape index (κ1) is 14.3. The van der Waals surface area contributed by atoms with E-state index >= 15 is 0 Å². The van der Waals surface area contributed by atoms with Crippen molar-refractivity contribution in [3.8, 4) is 0 Å². The standard InChI is InChI=1S/C15H29NO2/c1-13-3-7-15(12-17,8-4-13)11-16(2)14-5-9-18-10-6-14/h13-14,17H,3-12H2,1-2H3. The summed E-state index contributed by atoms with van der Waals surface area (Å²) in [7, 11) is 2.23. The van der Waals surface area contributed by atoms with E-state index < -0.39 is 0 Å². The Morgan fingerprint density at radius 1 is 1.17 bits per heavy atom. The van der Waals surface area contributed by atoms with Crippen molar-refractivity contribution in [2.75, 3.05) is 33.4 Å². The van der Waals surface area contributed by atoms with Crippen LogP contribution in [-0.4, -0.2) is 49.5 Å². The molecule has 2 fully saturated rings. The minimum atomic E-state index is 0.166. The van der Waals surface area contributed by atoms with E-state index in [4.69, 9.17) is 4.74 Å². The minimum absolute atomic E-state index is 0.166. The smallest absolute Gasteiger partial charge is 0.0499 e. The highest BCUT2D eigenvalue weighted by atomic mass is 16.5. The van der Waals surface area contributed by atoms with E-state index in [0.29, 0.717) is 12.6 Å². The highest BCUT2D eigenvalue weighted by Gasteiger charge is 2.36. The molecule has 0 spiro atoms. The van der Waals surface area contributed by atoms with Crippen LogP contribution in [0.15, 0.2) is 0 Å². The Morgan fingerprint density at radius 3 is 2.33 bits per heavy atom. The lowest BCUT2D eigenvalue weighted by Gasteiger charge is -2.43. The normalized spacial score (nSPS) is 35.0. The van der Waals surface area contributed by atoms with Crippen molar-refractivity contribution in [3.63, 3.8) is 0 Å². The summed E-state index contributed by atoms with van der Waals surface area (Å²) in [6, 6.07) is 0.654. The topological polar surface area (TPSA) is 32.7 Å². The van der Waals surface area contributed by atoms with E-state index in [-0.39, 0.29) is 5.41 Å². The zero-order chi connectivity index (χ0) is 13.0. The largest absolute Gasteiger partial charge is 0.396 e. The van der Waals surface area contributed by atoms with Crippen LogP contribution in [-0.2, 0) is 4.74 Å². The average molecular weight is 255 g/mol. The van der Waals surface area contributed by atoms with Crippen LogP contribution in [0.5, 0.6) is 0 Å². The Hall–Kier alpha value is -0.120. The minimum Gasteiger partial charge on any atom is -0.396 e. The summed E-state index contributed by atoms with van der Waals surface area (Å²) in [5.74, 6) is 0.845. The molecule has 0 unspecified atom stereocenters. The van der Waals surface area contributed by atoms with Gasteiger partial charge in [0.25, 0.3) is 0 Å². The molecule has 3 heteroatoms. The summed E-state index contributed by atoms with van der Waals surface area (Å²) in [5.41, 5.74) is 0.166. The van der Waals surface area contributed by atoms with Crippen LogP contribution in [0.1, 0.15) is 45.4 Å². The fourth-order valence-corrected chi connectivity index (χ4v) is 3.52. The molecule has 0 aromatic carbocycles. The van der Waals surface area contributed by atoms with E-state index in [1.165, 1.54) is 25.7 Å². The molecular formula is C15H29NO2. The third-order valence-electron chi connectivity index (χ3n) is 5.07. The molecule has 1 aliphatic carbocycles. The maximum atomic E-state index is 9.82. The van der Waals surface area contributed by atoms with Crippen LogP contribution in [0, 0.1) is 11.3 Å². The molecule has 1 heterocycles. The van der Waals surface area contributed by atoms with Crippen molar-refractivity contribution in [1.82, 2.24) is 4.90 Å². The molecule has 2 aliphatic rings. The first-order valence-electron chi connectivity index (χ1n) is 7.54. The Kier molecular flexibility index (Phi) is 5.05. The number of nitrogens with zero attached hydrogens (tertiary/aromatic N) is 1. The van der Waals surface area contributed by atoms with E-state index in [1.54, 1.807) is 0 Å². The lowest BCUT2D eigenvalue weighted by molar-refractivity contribution is -0.00453. The average Bonchev–Trinajstić information content (AvgIpc) is 2.43. The summed E-state index contributed by atoms with van der Waals surface area (Å²) in [6.45, 7) is 5.55. The van der Waals surface area contributed by atoms with Crippen LogP contribution in [0.2, 0.25) is 0 Å². The predicted molar refractivity (Wildman–Crippen MR) is 73.6 cm³/mol. The van der Waals surface area contributed by atoms with Crippen LogP contribution in [0.4, 0.5) is 0 Å². The molecule has 0 aromatic rings. The number of aliphatic hydroxyl groups is 1. The third kappa shape index (κ3) is 3.46. The van der Waals surface area contributed by atoms with Gasteiger partial charge in [-0.15, -0.1) is 0 Å². The molecule has 1 saturated heterocycles. The van der Waals surface area contributed by atoms with Crippen molar-refractivity contribution in [2.45, 2.75) is 51.5 Å². The summed E-state index contributed by atoms with van der Waals surface area (Å²) < 4.78 is 5.43. The summed E-state index contributed by atoms with van der Waals surface area (Å²) in [5, 5.41) is 9.82. The second-order valence-corrected chi connectivity index (χ2v) is 6.60. The van der Waals surface area contributed by atoms with Gasteiger partial charge in [-0.2, -0.15) is 0 Å². The number of hydrogen-bond donors (Lipinski definition) is 1. The SMILES string of the molecule is CC1CCC(CO)(CN(C)C2CCOCC2)CC1. The molecule has 1 saturated carbocycles. The Labute approximate surface area is 112 Å². The predicted octanol–water partition coefficient (Wildman–Crippen LogP) is 2.29. The Balaban J connectivity index is 1.88. The number of aliphatic hydroxyl groups excluding tert-OH is 1. The van der Waals surface area contributed by atoms with Crippen molar-refractivity contribution in [3.05, 3.63) is 0 Å². The lowest BCUT2D eigenvalue weighted by Crippen LogP contribution is -2.46. The zero-order valence-corrected chi connectivity index (χ0v) is 12.0. The van der Waals surface area contributed by atoms with Crippen LogP contribution < -0.4 is 0 Å². The fourth-order valence-electron chi connectivity index (χ4n) is 3.52. The molecule has 0 aromatic heterocycles. The van der Waals surface area contributed by atoms with Crippen molar-refractivity contribution >= 4 is 0 Å². The number of rotatable bonds is 4. The fraction of sp³-hybridized carbons (Fsp3) is 1.00. The van der Waals surface area contributed by atoms with Gasteiger partial charge in [0.1, 0.15) is 0 Å². The molecule has 2 rings (SSSR count). The van der Waals surface area contributed by atoms with Gasteiger partial charge in [-0.1, -0.05) is 19.8 Å². The van der Waals surface area contributed by atoms with E-state index in [0.717, 1.165) is 38.5 Å². The van der Waals surface area contributed by atoms with Gasteiger partial charge in [0.05, 0.1) is 0 Å². The zero-order valence-electron chi connectivity index (χ0n) is 12.0. The molecule has 0 amide bonds. The van der Waals surface area contributed by atoms with Gasteiger partial charge < -0.3 is 14.7 Å². The lowest BCUT2D eigenvalue weighted by atomic mass is 9.71. The Morgan fingerprint density at radius 2 is 1.78 bits per heavy atom. The number of ether oxygens (including phenoxy) is 1. The van der Waals surface area contributed by atoms with Crippen LogP contribution >= 0.6 is 0 Å². The molecule has 0 atom stereocenters. The maximum Gasteiger partial charge on any atom is 0.0499 e. The van der Waals surface area contributed by atoms with E-state index in [2.05, 4.69) is 18.9 Å².